The third-order valence-electron chi connectivity index (χ3n) is 2.45. The topological polar surface area (TPSA) is 12.0 Å². The Bertz CT molecular complexity index is 245. The highest BCUT2D eigenvalue weighted by molar-refractivity contribution is 8.00. The van der Waals surface area contributed by atoms with E-state index in [0.717, 1.165) is 0 Å². The minimum atomic E-state index is -4.14. The molecule has 0 amide bonds. The van der Waals surface area contributed by atoms with Gasteiger partial charge < -0.3 is 5.32 Å². The molecule has 102 valence electrons. The van der Waals surface area contributed by atoms with Crippen molar-refractivity contribution in [3.05, 3.63) is 12.7 Å². The molecule has 17 heavy (non-hydrogen) atoms. The number of nitrogens with one attached hydrogen (secondary N) is 1. The molecule has 0 aliphatic rings. The van der Waals surface area contributed by atoms with Crippen molar-refractivity contribution >= 4 is 11.8 Å². The Hall–Kier alpha value is -0.160. The van der Waals surface area contributed by atoms with Crippen molar-refractivity contribution in [1.29, 1.82) is 0 Å². The molecule has 0 aliphatic carbocycles. The minimum absolute atomic E-state index is 0.0336. The van der Waals surface area contributed by atoms with Crippen molar-refractivity contribution in [2.45, 2.75) is 45.2 Å². The highest BCUT2D eigenvalue weighted by Gasteiger charge is 2.30. The molecule has 0 aliphatic heterocycles. The maximum Gasteiger partial charge on any atom is 0.441 e. The van der Waals surface area contributed by atoms with Gasteiger partial charge in [0.1, 0.15) is 0 Å². The normalized spacial score (nSPS) is 16.6. The van der Waals surface area contributed by atoms with Gasteiger partial charge >= 0.3 is 5.51 Å². The van der Waals surface area contributed by atoms with Gasteiger partial charge in [0.2, 0.25) is 0 Å². The molecule has 1 unspecified atom stereocenters. The average Bonchev–Trinajstić information content (AvgIpc) is 2.12. The van der Waals surface area contributed by atoms with Gasteiger partial charge in [0, 0.05) is 17.8 Å². The molecular formula is C12H22F3NS. The van der Waals surface area contributed by atoms with Gasteiger partial charge in [0.15, 0.2) is 0 Å². The lowest BCUT2D eigenvalue weighted by atomic mass is 9.87. The number of hydrogen-bond donors (Lipinski definition) is 1. The Balaban J connectivity index is 4.15. The highest BCUT2D eigenvalue weighted by Crippen LogP contribution is 2.34. The van der Waals surface area contributed by atoms with E-state index in [1.54, 1.807) is 6.08 Å². The molecule has 1 nitrogen and oxygen atoms in total. The molecule has 0 radical (unpaired) electrons. The molecule has 0 aromatic carbocycles. The predicted molar refractivity (Wildman–Crippen MR) is 69.2 cm³/mol. The Labute approximate surface area is 106 Å². The van der Waals surface area contributed by atoms with Gasteiger partial charge in [-0.05, 0) is 32.6 Å². The summed E-state index contributed by atoms with van der Waals surface area (Å²) in [6.45, 7) is 12.4. The fraction of sp³-hybridized carbons (Fsp3) is 0.833. The molecular weight excluding hydrogens is 247 g/mol. The molecule has 0 spiro atoms. The number of rotatable bonds is 6. The van der Waals surface area contributed by atoms with Crippen molar-refractivity contribution in [3.63, 3.8) is 0 Å². The average molecular weight is 269 g/mol. The van der Waals surface area contributed by atoms with Crippen LogP contribution in [0.3, 0.4) is 0 Å². The summed E-state index contributed by atoms with van der Waals surface area (Å²) in [5.74, 6) is 0.0673. The van der Waals surface area contributed by atoms with E-state index in [0.29, 0.717) is 13.0 Å². The van der Waals surface area contributed by atoms with E-state index >= 15 is 0 Å². The first-order valence-electron chi connectivity index (χ1n) is 5.57. The lowest BCUT2D eigenvalue weighted by Gasteiger charge is -2.31. The van der Waals surface area contributed by atoms with E-state index in [1.165, 1.54) is 0 Å². The van der Waals surface area contributed by atoms with Crippen LogP contribution in [0.4, 0.5) is 13.2 Å². The van der Waals surface area contributed by atoms with Crippen LogP contribution in [0.2, 0.25) is 0 Å². The first-order valence-corrected chi connectivity index (χ1v) is 6.55. The number of hydrogen-bond acceptors (Lipinski definition) is 2. The number of thioether (sulfide) groups is 1. The first kappa shape index (κ1) is 16.8. The fourth-order valence-corrected chi connectivity index (χ4v) is 1.93. The fourth-order valence-electron chi connectivity index (χ4n) is 1.13. The van der Waals surface area contributed by atoms with E-state index in [2.05, 4.69) is 11.9 Å². The van der Waals surface area contributed by atoms with Crippen LogP contribution in [0.25, 0.3) is 0 Å². The molecule has 1 N–H and O–H groups in total. The second-order valence-electron chi connectivity index (χ2n) is 5.51. The second-order valence-corrected chi connectivity index (χ2v) is 6.67. The molecule has 0 heterocycles. The lowest BCUT2D eigenvalue weighted by Crippen LogP contribution is -2.42. The molecule has 0 saturated heterocycles. The van der Waals surface area contributed by atoms with Gasteiger partial charge in [0.05, 0.1) is 0 Å². The van der Waals surface area contributed by atoms with Crippen LogP contribution in [0.15, 0.2) is 12.7 Å². The summed E-state index contributed by atoms with van der Waals surface area (Å²) < 4.78 is 36.1. The highest BCUT2D eigenvalue weighted by atomic mass is 32.2. The zero-order valence-electron chi connectivity index (χ0n) is 10.9. The van der Waals surface area contributed by atoms with Crippen LogP contribution in [0.5, 0.6) is 0 Å². The molecule has 0 bridgehead atoms. The Morgan fingerprint density at radius 3 is 2.06 bits per heavy atom. The summed E-state index contributed by atoms with van der Waals surface area (Å²) >= 11 is 0.0336. The summed E-state index contributed by atoms with van der Waals surface area (Å²) in [5.41, 5.74) is -4.48. The SMILES string of the molecule is C=CC(C)(CCSC(F)(F)F)CNC(C)(C)C. The summed E-state index contributed by atoms with van der Waals surface area (Å²) in [4.78, 5) is 0. The summed E-state index contributed by atoms with van der Waals surface area (Å²) in [6, 6.07) is 0. The van der Waals surface area contributed by atoms with Crippen molar-refractivity contribution in [2.24, 2.45) is 5.41 Å². The van der Waals surface area contributed by atoms with Crippen molar-refractivity contribution in [2.75, 3.05) is 12.3 Å². The standard InChI is InChI=1S/C12H22F3NS/c1-6-11(5,9-16-10(2,3)4)7-8-17-12(13,14)15/h6,16H,1,7-9H2,2-5H3. The molecule has 0 aromatic rings. The molecule has 0 aromatic heterocycles. The van der Waals surface area contributed by atoms with Crippen LogP contribution in [0, 0.1) is 5.41 Å². The van der Waals surface area contributed by atoms with Crippen molar-refractivity contribution < 1.29 is 13.2 Å². The smallest absolute Gasteiger partial charge is 0.311 e. The van der Waals surface area contributed by atoms with E-state index in [4.69, 9.17) is 0 Å². The molecule has 1 atom stereocenters. The Morgan fingerprint density at radius 1 is 1.18 bits per heavy atom. The van der Waals surface area contributed by atoms with Gasteiger partial charge in [-0.1, -0.05) is 24.8 Å². The van der Waals surface area contributed by atoms with Crippen molar-refractivity contribution in [3.8, 4) is 0 Å². The van der Waals surface area contributed by atoms with Crippen molar-refractivity contribution in [1.82, 2.24) is 5.32 Å². The zero-order chi connectivity index (χ0) is 13.7. The van der Waals surface area contributed by atoms with Crippen LogP contribution in [-0.2, 0) is 0 Å². The molecule has 0 fully saturated rings. The summed E-state index contributed by atoms with van der Waals surface area (Å²) in [7, 11) is 0. The number of alkyl halides is 3. The van der Waals surface area contributed by atoms with E-state index in [1.807, 2.05) is 27.7 Å². The second kappa shape index (κ2) is 6.14. The maximum absolute atomic E-state index is 12.0. The first-order chi connectivity index (χ1) is 7.47. The minimum Gasteiger partial charge on any atom is -0.311 e. The quantitative estimate of drug-likeness (QED) is 0.725. The monoisotopic (exact) mass is 269 g/mol. The summed E-state index contributed by atoms with van der Waals surface area (Å²) in [5, 5.41) is 3.30. The predicted octanol–water partition coefficient (Wildman–Crippen LogP) is 4.21. The zero-order valence-corrected chi connectivity index (χ0v) is 11.8. The Kier molecular flexibility index (Phi) is 6.08. The number of halogens is 3. The van der Waals surface area contributed by atoms with E-state index < -0.39 is 5.51 Å². The van der Waals surface area contributed by atoms with Gasteiger partial charge in [-0.15, -0.1) is 6.58 Å². The van der Waals surface area contributed by atoms with Gasteiger partial charge in [-0.2, -0.15) is 13.2 Å². The molecule has 5 heteroatoms. The third-order valence-corrected chi connectivity index (χ3v) is 3.19. The van der Waals surface area contributed by atoms with Gasteiger partial charge in [-0.3, -0.25) is 0 Å². The van der Waals surface area contributed by atoms with Crippen LogP contribution < -0.4 is 5.32 Å². The third kappa shape index (κ3) is 9.53. The molecule has 0 rings (SSSR count). The van der Waals surface area contributed by atoms with Gasteiger partial charge in [0.25, 0.3) is 0 Å². The maximum atomic E-state index is 12.0. The van der Waals surface area contributed by atoms with Crippen LogP contribution in [0.1, 0.15) is 34.1 Å². The van der Waals surface area contributed by atoms with E-state index in [9.17, 15) is 13.2 Å². The van der Waals surface area contributed by atoms with Gasteiger partial charge in [-0.25, -0.2) is 0 Å². The summed E-state index contributed by atoms with van der Waals surface area (Å²) in [6.07, 6.45) is 2.20. The van der Waals surface area contributed by atoms with Crippen LogP contribution in [-0.4, -0.2) is 23.3 Å². The lowest BCUT2D eigenvalue weighted by molar-refractivity contribution is -0.0328. The largest absolute Gasteiger partial charge is 0.441 e. The molecule has 0 saturated carbocycles. The van der Waals surface area contributed by atoms with Crippen LogP contribution >= 0.6 is 11.8 Å². The van der Waals surface area contributed by atoms with E-state index in [-0.39, 0.29) is 28.5 Å². The Morgan fingerprint density at radius 2 is 1.71 bits per heavy atom.